The Balaban J connectivity index is 1.23. The number of rotatable bonds is 5. The molecule has 0 aliphatic carbocycles. The van der Waals surface area contributed by atoms with Crippen molar-refractivity contribution in [2.45, 2.75) is 0 Å². The number of nitrogens with zero attached hydrogens (tertiary/aromatic N) is 3. The minimum Gasteiger partial charge on any atom is -0.278 e. The van der Waals surface area contributed by atoms with Gasteiger partial charge in [-0.3, -0.25) is 4.57 Å². The van der Waals surface area contributed by atoms with E-state index in [0.29, 0.717) is 5.95 Å². The minimum atomic E-state index is 0.654. The Hall–Kier alpha value is -6.36. The number of hydrogen-bond donors (Lipinski definition) is 0. The largest absolute Gasteiger partial charge is 0.278 e. The molecule has 0 saturated heterocycles. The van der Waals surface area contributed by atoms with E-state index in [1.54, 1.807) is 0 Å². The van der Waals surface area contributed by atoms with Crippen molar-refractivity contribution in [1.82, 2.24) is 14.5 Å². The van der Waals surface area contributed by atoms with Crippen molar-refractivity contribution in [2.75, 3.05) is 0 Å². The highest BCUT2D eigenvalue weighted by atomic mass is 32.1. The van der Waals surface area contributed by atoms with Crippen LogP contribution in [0.15, 0.2) is 176 Å². The van der Waals surface area contributed by atoms with Crippen molar-refractivity contribution in [3.05, 3.63) is 176 Å². The fourth-order valence-electron chi connectivity index (χ4n) is 7.25. The molecule has 0 aliphatic rings. The van der Waals surface area contributed by atoms with Gasteiger partial charge in [0, 0.05) is 42.1 Å². The van der Waals surface area contributed by atoms with E-state index in [0.717, 1.165) is 39.1 Å². The minimum absolute atomic E-state index is 0.654. The Morgan fingerprint density at radius 3 is 1.82 bits per heavy atom. The van der Waals surface area contributed by atoms with Gasteiger partial charge in [0.1, 0.15) is 0 Å². The summed E-state index contributed by atoms with van der Waals surface area (Å²) in [5.41, 5.74) is 10.8. The van der Waals surface area contributed by atoms with Gasteiger partial charge >= 0.3 is 0 Å². The number of thiophene rings is 1. The predicted octanol–water partition coefficient (Wildman–Crippen LogP) is 12.6. The molecule has 10 aromatic rings. The van der Waals surface area contributed by atoms with Crippen LogP contribution in [0.5, 0.6) is 0 Å². The van der Waals surface area contributed by atoms with Crippen molar-refractivity contribution >= 4 is 53.3 Å². The SMILES string of the molecule is c1ccc(-c2cccc(-c3ccc4c5ccccc5n(-c5nc(-c6ccccc6)cc(-c6cccc7c6sc6ccccc67)n5)c4c3)c2)cc1. The number of benzene rings is 7. The molecule has 10 rings (SSSR count). The van der Waals surface area contributed by atoms with E-state index in [2.05, 4.69) is 174 Å². The standard InChI is InChI=1S/C46H29N3S/c1-3-13-30(14-4-1)32-17-11-18-33(27-32)34-25-26-36-35-19-7-9-23-42(35)49(43(36)28-34)46-47-40(31-15-5-2-6-16-31)29-41(48-46)39-22-12-21-38-37-20-8-10-24-44(37)50-45(38)39/h1-29H. The van der Waals surface area contributed by atoms with E-state index in [-0.39, 0.29) is 0 Å². The van der Waals surface area contributed by atoms with Gasteiger partial charge in [0.2, 0.25) is 5.95 Å². The van der Waals surface area contributed by atoms with Crippen molar-refractivity contribution in [1.29, 1.82) is 0 Å². The van der Waals surface area contributed by atoms with Crippen LogP contribution in [0.25, 0.3) is 92.7 Å². The highest BCUT2D eigenvalue weighted by Crippen LogP contribution is 2.41. The van der Waals surface area contributed by atoms with E-state index in [1.807, 2.05) is 17.4 Å². The number of para-hydroxylation sites is 1. The third-order valence-corrected chi connectivity index (χ3v) is 10.9. The maximum Gasteiger partial charge on any atom is 0.235 e. The fourth-order valence-corrected chi connectivity index (χ4v) is 8.48. The molecular weight excluding hydrogens is 627 g/mol. The molecule has 0 aliphatic heterocycles. The lowest BCUT2D eigenvalue weighted by Crippen LogP contribution is -2.04. The average Bonchev–Trinajstić information content (AvgIpc) is 3.74. The molecule has 0 N–H and O–H groups in total. The number of hydrogen-bond acceptors (Lipinski definition) is 3. The monoisotopic (exact) mass is 655 g/mol. The zero-order valence-electron chi connectivity index (χ0n) is 27.0. The third-order valence-electron chi connectivity index (χ3n) is 9.64. The van der Waals surface area contributed by atoms with Gasteiger partial charge in [-0.05, 0) is 52.6 Å². The summed E-state index contributed by atoms with van der Waals surface area (Å²) in [5, 5.41) is 4.88. The second-order valence-corrected chi connectivity index (χ2v) is 13.7. The molecule has 50 heavy (non-hydrogen) atoms. The van der Waals surface area contributed by atoms with Gasteiger partial charge in [-0.25, -0.2) is 9.97 Å². The van der Waals surface area contributed by atoms with Crippen molar-refractivity contribution in [2.24, 2.45) is 0 Å². The molecule has 0 atom stereocenters. The Bertz CT molecular complexity index is 2870. The van der Waals surface area contributed by atoms with Gasteiger partial charge < -0.3 is 0 Å². The van der Waals surface area contributed by atoms with Gasteiger partial charge in [-0.15, -0.1) is 11.3 Å². The first-order valence-electron chi connectivity index (χ1n) is 16.8. The van der Waals surface area contributed by atoms with Gasteiger partial charge in [0.25, 0.3) is 0 Å². The normalized spacial score (nSPS) is 11.6. The van der Waals surface area contributed by atoms with Crippen LogP contribution in [0, 0.1) is 0 Å². The first kappa shape index (κ1) is 28.6. The Morgan fingerprint density at radius 1 is 0.380 bits per heavy atom. The molecule has 3 heterocycles. The molecule has 0 saturated carbocycles. The fraction of sp³-hybridized carbons (Fsp3) is 0. The van der Waals surface area contributed by atoms with Crippen LogP contribution in [0.1, 0.15) is 0 Å². The van der Waals surface area contributed by atoms with Gasteiger partial charge in [-0.1, -0.05) is 146 Å². The van der Waals surface area contributed by atoms with E-state index >= 15 is 0 Å². The van der Waals surface area contributed by atoms with Crippen LogP contribution < -0.4 is 0 Å². The topological polar surface area (TPSA) is 30.7 Å². The van der Waals surface area contributed by atoms with E-state index in [1.165, 1.54) is 47.6 Å². The number of aromatic nitrogens is 3. The third kappa shape index (κ3) is 4.73. The zero-order valence-corrected chi connectivity index (χ0v) is 27.8. The first-order chi connectivity index (χ1) is 24.8. The van der Waals surface area contributed by atoms with Crippen LogP contribution >= 0.6 is 11.3 Å². The molecule has 0 unspecified atom stereocenters. The van der Waals surface area contributed by atoms with Crippen molar-refractivity contribution in [3.8, 4) is 50.7 Å². The first-order valence-corrected chi connectivity index (χ1v) is 17.6. The molecule has 4 heteroatoms. The van der Waals surface area contributed by atoms with Crippen LogP contribution in [0.3, 0.4) is 0 Å². The highest BCUT2D eigenvalue weighted by molar-refractivity contribution is 7.26. The van der Waals surface area contributed by atoms with Crippen LogP contribution in [0.4, 0.5) is 0 Å². The summed E-state index contributed by atoms with van der Waals surface area (Å²) in [6.07, 6.45) is 0. The smallest absolute Gasteiger partial charge is 0.235 e. The zero-order chi connectivity index (χ0) is 33.0. The lowest BCUT2D eigenvalue weighted by Gasteiger charge is -2.13. The average molecular weight is 656 g/mol. The quantitative estimate of drug-likeness (QED) is 0.185. The van der Waals surface area contributed by atoms with Gasteiger partial charge in [-0.2, -0.15) is 0 Å². The summed E-state index contributed by atoms with van der Waals surface area (Å²) in [4.78, 5) is 10.7. The maximum atomic E-state index is 5.41. The van der Waals surface area contributed by atoms with Crippen molar-refractivity contribution < 1.29 is 0 Å². The Kier molecular flexibility index (Phi) is 6.68. The molecule has 0 amide bonds. The van der Waals surface area contributed by atoms with E-state index in [9.17, 15) is 0 Å². The molecular formula is C46H29N3S. The van der Waals surface area contributed by atoms with Crippen molar-refractivity contribution in [3.63, 3.8) is 0 Å². The van der Waals surface area contributed by atoms with E-state index < -0.39 is 0 Å². The second kappa shape index (κ2) is 11.7. The summed E-state index contributed by atoms with van der Waals surface area (Å²) < 4.78 is 4.76. The molecule has 3 aromatic heterocycles. The summed E-state index contributed by atoms with van der Waals surface area (Å²) in [5.74, 6) is 0.654. The molecule has 0 radical (unpaired) electrons. The molecule has 7 aromatic carbocycles. The lowest BCUT2D eigenvalue weighted by atomic mass is 9.98. The van der Waals surface area contributed by atoms with Crippen LogP contribution in [-0.4, -0.2) is 14.5 Å². The number of fused-ring (bicyclic) bond motifs is 6. The van der Waals surface area contributed by atoms with Crippen LogP contribution in [-0.2, 0) is 0 Å². The molecule has 234 valence electrons. The molecule has 0 fully saturated rings. The van der Waals surface area contributed by atoms with Gasteiger partial charge in [0.15, 0.2) is 0 Å². The predicted molar refractivity (Wildman–Crippen MR) is 211 cm³/mol. The Morgan fingerprint density at radius 2 is 0.980 bits per heavy atom. The Labute approximate surface area is 293 Å². The van der Waals surface area contributed by atoms with Gasteiger partial charge in [0.05, 0.1) is 22.4 Å². The lowest BCUT2D eigenvalue weighted by molar-refractivity contribution is 0.996. The van der Waals surface area contributed by atoms with E-state index in [4.69, 9.17) is 9.97 Å². The molecule has 0 bridgehead atoms. The summed E-state index contributed by atoms with van der Waals surface area (Å²) in [6, 6.07) is 62.5. The summed E-state index contributed by atoms with van der Waals surface area (Å²) >= 11 is 1.83. The molecule has 0 spiro atoms. The molecule has 3 nitrogen and oxygen atoms in total. The van der Waals surface area contributed by atoms with Crippen LogP contribution in [0.2, 0.25) is 0 Å². The summed E-state index contributed by atoms with van der Waals surface area (Å²) in [6.45, 7) is 0. The highest BCUT2D eigenvalue weighted by Gasteiger charge is 2.19. The maximum absolute atomic E-state index is 5.41. The second-order valence-electron chi connectivity index (χ2n) is 12.6. The summed E-state index contributed by atoms with van der Waals surface area (Å²) in [7, 11) is 0.